The highest BCUT2D eigenvalue weighted by atomic mass is 35.5. The second-order valence-electron chi connectivity index (χ2n) is 2.91. The van der Waals surface area contributed by atoms with Crippen molar-refractivity contribution in [2.45, 2.75) is 6.42 Å². The van der Waals surface area contributed by atoms with E-state index in [1.807, 2.05) is 0 Å². The monoisotopic (exact) mass is 195 g/mol. The highest BCUT2D eigenvalue weighted by Crippen LogP contribution is 2.23. The molecule has 68 valence electrons. The van der Waals surface area contributed by atoms with E-state index in [1.165, 1.54) is 11.9 Å². The first-order valence-corrected chi connectivity index (χ1v) is 4.61. The van der Waals surface area contributed by atoms with Gasteiger partial charge in [0.05, 0.1) is 0 Å². The van der Waals surface area contributed by atoms with Crippen LogP contribution >= 0.6 is 11.6 Å². The van der Waals surface area contributed by atoms with Crippen LogP contribution in [0.5, 0.6) is 0 Å². The van der Waals surface area contributed by atoms with Gasteiger partial charge in [-0.15, -0.1) is 0 Å². The van der Waals surface area contributed by atoms with Crippen molar-refractivity contribution in [3.8, 4) is 0 Å². The zero-order valence-corrected chi connectivity index (χ0v) is 7.88. The molecule has 0 aliphatic carbocycles. The maximum absolute atomic E-state index is 5.95. The molecule has 0 saturated carbocycles. The summed E-state index contributed by atoms with van der Waals surface area (Å²) < 4.78 is 0. The van der Waals surface area contributed by atoms with Crippen molar-refractivity contribution in [1.82, 2.24) is 15.3 Å². The van der Waals surface area contributed by atoms with E-state index in [2.05, 4.69) is 21.4 Å². The predicted octanol–water partition coefficient (Wildman–Crippen LogP) is 1.51. The van der Waals surface area contributed by atoms with Gasteiger partial charge >= 0.3 is 0 Å². The largest absolute Gasteiger partial charge is 0.313 e. The molecule has 0 saturated heterocycles. The maximum atomic E-state index is 5.95. The summed E-state index contributed by atoms with van der Waals surface area (Å²) in [6.07, 6.45) is 6.36. The fraction of sp³-hybridized carbons (Fsp3) is 0.333. The molecule has 1 aliphatic rings. The van der Waals surface area contributed by atoms with Crippen molar-refractivity contribution in [3.63, 3.8) is 0 Å². The Kier molecular flexibility index (Phi) is 2.57. The van der Waals surface area contributed by atoms with Gasteiger partial charge in [0.15, 0.2) is 0 Å². The van der Waals surface area contributed by atoms with Gasteiger partial charge in [-0.1, -0.05) is 17.7 Å². The van der Waals surface area contributed by atoms with E-state index in [-0.39, 0.29) is 0 Å². The summed E-state index contributed by atoms with van der Waals surface area (Å²) in [6, 6.07) is 0. The van der Waals surface area contributed by atoms with E-state index in [4.69, 9.17) is 11.6 Å². The number of rotatable bonds is 1. The summed E-state index contributed by atoms with van der Waals surface area (Å²) in [5.74, 6) is 0. The van der Waals surface area contributed by atoms with E-state index in [1.54, 1.807) is 6.20 Å². The van der Waals surface area contributed by atoms with Crippen LogP contribution in [-0.4, -0.2) is 23.1 Å². The molecule has 0 amide bonds. The molecule has 0 radical (unpaired) electrons. The fourth-order valence-electron chi connectivity index (χ4n) is 1.40. The van der Waals surface area contributed by atoms with E-state index in [0.29, 0.717) is 5.15 Å². The molecule has 1 aromatic heterocycles. The van der Waals surface area contributed by atoms with Gasteiger partial charge in [-0.25, -0.2) is 9.97 Å². The van der Waals surface area contributed by atoms with Crippen LogP contribution in [0, 0.1) is 0 Å². The van der Waals surface area contributed by atoms with Crippen LogP contribution in [0.2, 0.25) is 5.15 Å². The lowest BCUT2D eigenvalue weighted by molar-refractivity contribution is 0.738. The van der Waals surface area contributed by atoms with Gasteiger partial charge in [-0.05, 0) is 18.5 Å². The van der Waals surface area contributed by atoms with Crippen molar-refractivity contribution < 1.29 is 0 Å². The lowest BCUT2D eigenvalue weighted by atomic mass is 10.0. The topological polar surface area (TPSA) is 37.8 Å². The van der Waals surface area contributed by atoms with Crippen molar-refractivity contribution in [1.29, 1.82) is 0 Å². The maximum Gasteiger partial charge on any atom is 0.139 e. The molecular weight excluding hydrogens is 186 g/mol. The Bertz CT molecular complexity index is 335. The number of nitrogens with one attached hydrogen (secondary N) is 1. The molecular formula is C9H10ClN3. The quantitative estimate of drug-likeness (QED) is 0.691. The van der Waals surface area contributed by atoms with Crippen molar-refractivity contribution in [2.24, 2.45) is 0 Å². The third-order valence-electron chi connectivity index (χ3n) is 2.07. The third-order valence-corrected chi connectivity index (χ3v) is 2.37. The molecule has 0 atom stereocenters. The Morgan fingerprint density at radius 3 is 3.08 bits per heavy atom. The highest BCUT2D eigenvalue weighted by Gasteiger charge is 2.09. The molecule has 0 spiro atoms. The lowest BCUT2D eigenvalue weighted by Gasteiger charge is -2.13. The molecule has 13 heavy (non-hydrogen) atoms. The SMILES string of the molecule is Clc1ncncc1C1=CCNCC1. The van der Waals surface area contributed by atoms with Gasteiger partial charge in [0, 0.05) is 18.3 Å². The molecule has 1 N–H and O–H groups in total. The second kappa shape index (κ2) is 3.85. The number of aromatic nitrogens is 2. The molecule has 4 heteroatoms. The zero-order valence-electron chi connectivity index (χ0n) is 7.13. The van der Waals surface area contributed by atoms with Crippen molar-refractivity contribution in [3.05, 3.63) is 29.3 Å². The Balaban J connectivity index is 2.34. The zero-order chi connectivity index (χ0) is 9.10. The van der Waals surface area contributed by atoms with E-state index >= 15 is 0 Å². The number of halogens is 1. The van der Waals surface area contributed by atoms with Crippen LogP contribution in [0.25, 0.3) is 5.57 Å². The standard InChI is InChI=1S/C9H10ClN3/c10-9-8(5-12-6-13-9)7-1-3-11-4-2-7/h1,5-6,11H,2-4H2. The van der Waals surface area contributed by atoms with Gasteiger partial charge in [0.2, 0.25) is 0 Å². The molecule has 0 unspecified atom stereocenters. The second-order valence-corrected chi connectivity index (χ2v) is 3.27. The van der Waals surface area contributed by atoms with Gasteiger partial charge in [-0.2, -0.15) is 0 Å². The van der Waals surface area contributed by atoms with E-state index in [9.17, 15) is 0 Å². The normalized spacial score (nSPS) is 16.8. The molecule has 0 fully saturated rings. The van der Waals surface area contributed by atoms with Gasteiger partial charge in [0.1, 0.15) is 11.5 Å². The molecule has 1 aromatic rings. The van der Waals surface area contributed by atoms with Gasteiger partial charge in [0.25, 0.3) is 0 Å². The average molecular weight is 196 g/mol. The summed E-state index contributed by atoms with van der Waals surface area (Å²) >= 11 is 5.95. The minimum atomic E-state index is 0.545. The number of hydrogen-bond acceptors (Lipinski definition) is 3. The van der Waals surface area contributed by atoms with Gasteiger partial charge in [-0.3, -0.25) is 0 Å². The predicted molar refractivity (Wildman–Crippen MR) is 52.5 cm³/mol. The van der Waals surface area contributed by atoms with E-state index in [0.717, 1.165) is 25.1 Å². The molecule has 2 heterocycles. The van der Waals surface area contributed by atoms with Crippen molar-refractivity contribution in [2.75, 3.05) is 13.1 Å². The van der Waals surface area contributed by atoms with E-state index < -0.39 is 0 Å². The Morgan fingerprint density at radius 1 is 1.46 bits per heavy atom. The summed E-state index contributed by atoms with van der Waals surface area (Å²) in [7, 11) is 0. The Hall–Kier alpha value is -0.930. The van der Waals surface area contributed by atoms with Crippen LogP contribution in [0.3, 0.4) is 0 Å². The summed E-state index contributed by atoms with van der Waals surface area (Å²) in [6.45, 7) is 1.90. The molecule has 0 aromatic carbocycles. The van der Waals surface area contributed by atoms with Crippen LogP contribution < -0.4 is 5.32 Å². The number of hydrogen-bond donors (Lipinski definition) is 1. The summed E-state index contributed by atoms with van der Waals surface area (Å²) in [5.41, 5.74) is 2.20. The molecule has 0 bridgehead atoms. The lowest BCUT2D eigenvalue weighted by Crippen LogP contribution is -2.20. The van der Waals surface area contributed by atoms with Crippen molar-refractivity contribution >= 4 is 17.2 Å². The van der Waals surface area contributed by atoms with Crippen LogP contribution in [-0.2, 0) is 0 Å². The first kappa shape index (κ1) is 8.66. The Morgan fingerprint density at radius 2 is 2.38 bits per heavy atom. The van der Waals surface area contributed by atoms with Crippen LogP contribution in [0.15, 0.2) is 18.6 Å². The van der Waals surface area contributed by atoms with Crippen LogP contribution in [0.4, 0.5) is 0 Å². The molecule has 3 nitrogen and oxygen atoms in total. The molecule has 2 rings (SSSR count). The molecule has 1 aliphatic heterocycles. The smallest absolute Gasteiger partial charge is 0.139 e. The minimum Gasteiger partial charge on any atom is -0.313 e. The summed E-state index contributed by atoms with van der Waals surface area (Å²) in [4.78, 5) is 7.91. The third kappa shape index (κ3) is 1.87. The Labute approximate surface area is 81.9 Å². The van der Waals surface area contributed by atoms with Crippen LogP contribution in [0.1, 0.15) is 12.0 Å². The first-order valence-electron chi connectivity index (χ1n) is 4.23. The van der Waals surface area contributed by atoms with Gasteiger partial charge < -0.3 is 5.32 Å². The fourth-order valence-corrected chi connectivity index (χ4v) is 1.61. The average Bonchev–Trinajstić information content (AvgIpc) is 2.20. The number of nitrogens with zero attached hydrogens (tertiary/aromatic N) is 2. The summed E-state index contributed by atoms with van der Waals surface area (Å²) in [5, 5.41) is 3.79. The minimum absolute atomic E-state index is 0.545. The highest BCUT2D eigenvalue weighted by molar-refractivity contribution is 6.31. The first-order chi connectivity index (χ1) is 6.38.